The molecule has 1 fully saturated rings. The quantitative estimate of drug-likeness (QED) is 0.220. The van der Waals surface area contributed by atoms with Gasteiger partial charge in [0.05, 0.1) is 13.6 Å². The number of thioether (sulfide) groups is 2. The number of thiophene rings is 1. The molecule has 4 aromatic rings. The lowest BCUT2D eigenvalue weighted by molar-refractivity contribution is -0.152. The fraction of sp³-hybridized carbons (Fsp3) is 0.148. The first-order chi connectivity index (χ1) is 18.4. The number of amides is 1. The largest absolute Gasteiger partial charge is 0.448 e. The highest BCUT2D eigenvalue weighted by molar-refractivity contribution is 8.07. The van der Waals surface area contributed by atoms with Gasteiger partial charge in [0, 0.05) is 10.7 Å². The van der Waals surface area contributed by atoms with E-state index in [1.54, 1.807) is 0 Å². The van der Waals surface area contributed by atoms with Gasteiger partial charge in [0.1, 0.15) is 22.1 Å². The second-order valence-electron chi connectivity index (χ2n) is 8.56. The van der Waals surface area contributed by atoms with Crippen molar-refractivity contribution in [1.82, 2.24) is 4.90 Å². The van der Waals surface area contributed by atoms with E-state index in [9.17, 15) is 14.4 Å². The van der Waals surface area contributed by atoms with Gasteiger partial charge in [0.2, 0.25) is 11.3 Å². The molecule has 2 aromatic heterocycles. The van der Waals surface area contributed by atoms with Gasteiger partial charge in [-0.05, 0) is 22.6 Å². The molecule has 0 radical (unpaired) electrons. The number of carbonyl (C=O) groups excluding carboxylic acids is 2. The summed E-state index contributed by atoms with van der Waals surface area (Å²) in [4.78, 5) is 41.6. The van der Waals surface area contributed by atoms with E-state index in [2.05, 4.69) is 0 Å². The maximum Gasteiger partial charge on any atom is 0.356 e. The summed E-state index contributed by atoms with van der Waals surface area (Å²) in [6.07, 6.45) is -0.677. The van der Waals surface area contributed by atoms with Crippen LogP contribution >= 0.6 is 57.8 Å². The highest BCUT2D eigenvalue weighted by atomic mass is 35.5. The Hall–Kier alpha value is -2.60. The van der Waals surface area contributed by atoms with Crippen molar-refractivity contribution in [3.05, 3.63) is 109 Å². The van der Waals surface area contributed by atoms with Crippen molar-refractivity contribution in [3.8, 4) is 0 Å². The number of nitrogens with zero attached hydrogens (tertiary/aromatic N) is 1. The monoisotopic (exact) mass is 598 g/mol. The van der Waals surface area contributed by atoms with Crippen molar-refractivity contribution in [2.45, 2.75) is 21.7 Å². The van der Waals surface area contributed by atoms with Crippen LogP contribution in [0.3, 0.4) is 0 Å². The van der Waals surface area contributed by atoms with Crippen molar-refractivity contribution in [1.29, 1.82) is 0 Å². The first kappa shape index (κ1) is 25.7. The fourth-order valence-electron chi connectivity index (χ4n) is 4.36. The molecule has 2 aliphatic heterocycles. The number of fused-ring (bicyclic) bond motifs is 2. The van der Waals surface area contributed by atoms with Gasteiger partial charge in [-0.1, -0.05) is 84.0 Å². The van der Waals surface area contributed by atoms with Crippen molar-refractivity contribution < 1.29 is 14.3 Å². The molecular formula is C27H19ClN2O4S4. The Kier molecular flexibility index (Phi) is 7.10. The minimum atomic E-state index is -0.685. The topological polar surface area (TPSA) is 89.7 Å². The van der Waals surface area contributed by atoms with Crippen molar-refractivity contribution >= 4 is 79.1 Å². The summed E-state index contributed by atoms with van der Waals surface area (Å²) in [5.74, 6) is -0.538. The van der Waals surface area contributed by atoms with E-state index in [1.807, 2.05) is 72.1 Å². The second kappa shape index (κ2) is 10.5. The van der Waals surface area contributed by atoms with Gasteiger partial charge in [-0.15, -0.1) is 34.4 Å². The first-order valence-corrected chi connectivity index (χ1v) is 15.5. The van der Waals surface area contributed by atoms with E-state index in [0.29, 0.717) is 19.6 Å². The molecular weight excluding hydrogens is 580 g/mol. The Bertz CT molecular complexity index is 1600. The standard InChI is InChI=1S/C27H19ClN2O4S4/c28-18-21(31)23-16(11-12-35-23)37-27(18)38-17-13-36-25-19(29)24(32)30(25)20(17)26(33)34-22(14-7-3-1-4-8-14)15-9-5-2-6-10-15/h1-12,19,22,25H,13,29H2/t19-,25+/m1/s1. The van der Waals surface area contributed by atoms with Gasteiger partial charge >= 0.3 is 5.97 Å². The summed E-state index contributed by atoms with van der Waals surface area (Å²) >= 11 is 11.9. The maximum absolute atomic E-state index is 13.9. The normalized spacial score (nSPS) is 19.0. The Morgan fingerprint density at radius 2 is 1.71 bits per heavy atom. The number of nitrogens with two attached hydrogens (primary N) is 1. The molecule has 38 heavy (non-hydrogen) atoms. The number of esters is 1. The van der Waals surface area contributed by atoms with Crippen LogP contribution in [0.4, 0.5) is 0 Å². The van der Waals surface area contributed by atoms with Crippen molar-refractivity contribution in [3.63, 3.8) is 0 Å². The molecule has 0 saturated carbocycles. The first-order valence-electron chi connectivity index (χ1n) is 11.6. The highest BCUT2D eigenvalue weighted by Gasteiger charge is 2.52. The third kappa shape index (κ3) is 4.49. The molecule has 6 rings (SSSR count). The lowest BCUT2D eigenvalue weighted by Gasteiger charge is -2.48. The molecule has 4 heterocycles. The SMILES string of the molecule is N[C@@H]1C(=O)N2C(C(=O)OC(c3ccccc3)c3ccccc3)=C(Sc3sc4ccsc4c(=O)c3Cl)CS[C@@H]12. The zero-order valence-corrected chi connectivity index (χ0v) is 23.6. The molecule has 2 atom stereocenters. The molecule has 192 valence electrons. The number of hydrogen-bond acceptors (Lipinski definition) is 9. The number of carbonyl (C=O) groups is 2. The van der Waals surface area contributed by atoms with Gasteiger partial charge in [-0.3, -0.25) is 14.5 Å². The highest BCUT2D eigenvalue weighted by Crippen LogP contribution is 2.48. The number of ether oxygens (including phenoxy) is 1. The second-order valence-corrected chi connectivity index (χ2v) is 13.4. The van der Waals surface area contributed by atoms with E-state index >= 15 is 0 Å². The number of benzene rings is 2. The van der Waals surface area contributed by atoms with E-state index in [-0.39, 0.29) is 27.4 Å². The third-order valence-electron chi connectivity index (χ3n) is 6.23. The molecule has 11 heteroatoms. The number of β-lactam (4-membered cyclic amide) rings is 1. The van der Waals surface area contributed by atoms with Crippen LogP contribution in [0.25, 0.3) is 9.40 Å². The fourth-order valence-corrected chi connectivity index (χ4v) is 9.54. The number of rotatable bonds is 6. The Balaban J connectivity index is 1.41. The van der Waals surface area contributed by atoms with E-state index in [1.165, 1.54) is 51.1 Å². The summed E-state index contributed by atoms with van der Waals surface area (Å²) in [5, 5.41) is 1.61. The van der Waals surface area contributed by atoms with Crippen LogP contribution in [0.2, 0.25) is 5.02 Å². The predicted octanol–water partition coefficient (Wildman–Crippen LogP) is 5.86. The summed E-state index contributed by atoms with van der Waals surface area (Å²) in [6, 6.07) is 20.1. The number of hydrogen-bond donors (Lipinski definition) is 1. The summed E-state index contributed by atoms with van der Waals surface area (Å²) in [7, 11) is 0. The minimum absolute atomic E-state index is 0.111. The Morgan fingerprint density at radius 3 is 2.37 bits per heavy atom. The third-order valence-corrected chi connectivity index (χ3v) is 11.8. The van der Waals surface area contributed by atoms with E-state index < -0.39 is 18.1 Å². The summed E-state index contributed by atoms with van der Waals surface area (Å²) < 4.78 is 8.14. The maximum atomic E-state index is 13.9. The molecule has 6 nitrogen and oxygen atoms in total. The van der Waals surface area contributed by atoms with Crippen LogP contribution in [-0.4, -0.2) is 33.9 Å². The zero-order valence-electron chi connectivity index (χ0n) is 19.5. The van der Waals surface area contributed by atoms with Gasteiger partial charge in [0.15, 0.2) is 6.10 Å². The van der Waals surface area contributed by atoms with Crippen LogP contribution in [-0.2, 0) is 14.3 Å². The smallest absolute Gasteiger partial charge is 0.356 e. The lowest BCUT2D eigenvalue weighted by atomic mass is 10.0. The van der Waals surface area contributed by atoms with Crippen LogP contribution < -0.4 is 11.2 Å². The molecule has 1 amide bonds. The van der Waals surface area contributed by atoms with E-state index in [4.69, 9.17) is 22.1 Å². The average molecular weight is 599 g/mol. The molecule has 2 aromatic carbocycles. The summed E-state index contributed by atoms with van der Waals surface area (Å²) in [5.41, 5.74) is 7.59. The van der Waals surface area contributed by atoms with Crippen LogP contribution in [0.1, 0.15) is 17.2 Å². The molecule has 2 N–H and O–H groups in total. The number of halogens is 1. The predicted molar refractivity (Wildman–Crippen MR) is 156 cm³/mol. The van der Waals surface area contributed by atoms with Crippen LogP contribution in [0.5, 0.6) is 0 Å². The molecule has 1 saturated heterocycles. The average Bonchev–Trinajstić information content (AvgIpc) is 3.43. The van der Waals surface area contributed by atoms with Crippen LogP contribution in [0, 0.1) is 0 Å². The van der Waals surface area contributed by atoms with Crippen molar-refractivity contribution in [2.24, 2.45) is 5.73 Å². The minimum Gasteiger partial charge on any atom is -0.448 e. The van der Waals surface area contributed by atoms with Gasteiger partial charge in [-0.2, -0.15) is 0 Å². The molecule has 0 aliphatic carbocycles. The molecule has 0 bridgehead atoms. The Morgan fingerprint density at radius 1 is 1.05 bits per heavy atom. The van der Waals surface area contributed by atoms with Gasteiger partial charge in [0.25, 0.3) is 0 Å². The molecule has 0 spiro atoms. The zero-order chi connectivity index (χ0) is 26.4. The summed E-state index contributed by atoms with van der Waals surface area (Å²) in [6.45, 7) is 0. The van der Waals surface area contributed by atoms with Gasteiger partial charge in [-0.25, -0.2) is 4.79 Å². The molecule has 0 unspecified atom stereocenters. The van der Waals surface area contributed by atoms with Crippen molar-refractivity contribution in [2.75, 3.05) is 5.75 Å². The lowest BCUT2D eigenvalue weighted by Crippen LogP contribution is -2.68. The van der Waals surface area contributed by atoms with Gasteiger partial charge < -0.3 is 10.5 Å². The van der Waals surface area contributed by atoms with Crippen LogP contribution in [0.15, 0.2) is 91.7 Å². The molecule has 2 aliphatic rings. The van der Waals surface area contributed by atoms with E-state index in [0.717, 1.165) is 15.8 Å². The Labute approximate surface area is 239 Å².